The predicted molar refractivity (Wildman–Crippen MR) is 135 cm³/mol. The molecule has 5 rings (SSSR count). The molecule has 192 valence electrons. The lowest BCUT2D eigenvalue weighted by Crippen LogP contribution is -2.52. The molecule has 0 unspecified atom stereocenters. The van der Waals surface area contributed by atoms with Gasteiger partial charge in [-0.2, -0.15) is 0 Å². The molecule has 2 aromatic heterocycles. The number of benzene rings is 1. The topological polar surface area (TPSA) is 96.3 Å². The molecule has 2 atom stereocenters. The zero-order valence-corrected chi connectivity index (χ0v) is 20.7. The Morgan fingerprint density at radius 1 is 1.19 bits per heavy atom. The van der Waals surface area contributed by atoms with Crippen molar-refractivity contribution in [3.8, 4) is 0 Å². The zero-order valence-electron chi connectivity index (χ0n) is 20.7. The second-order valence-corrected chi connectivity index (χ2v) is 9.25. The Bertz CT molecular complexity index is 1290. The highest BCUT2D eigenvalue weighted by Crippen LogP contribution is 2.35. The van der Waals surface area contributed by atoms with E-state index in [4.69, 9.17) is 4.74 Å². The number of amides is 1. The van der Waals surface area contributed by atoms with E-state index < -0.39 is 11.8 Å². The average Bonchev–Trinajstić information content (AvgIpc) is 3.27. The summed E-state index contributed by atoms with van der Waals surface area (Å²) in [6.07, 6.45) is 4.32. The van der Waals surface area contributed by atoms with Crippen LogP contribution < -0.4 is 20.9 Å². The van der Waals surface area contributed by atoms with Gasteiger partial charge in [0.15, 0.2) is 23.1 Å². The normalized spacial score (nSPS) is 19.2. The number of hydrogen-bond donors (Lipinski definition) is 3. The molecule has 1 aliphatic carbocycles. The molecule has 1 saturated carbocycles. The van der Waals surface area contributed by atoms with Gasteiger partial charge in [-0.05, 0) is 37.8 Å². The molecule has 1 amide bonds. The summed E-state index contributed by atoms with van der Waals surface area (Å²) in [6.45, 7) is 5.50. The van der Waals surface area contributed by atoms with Gasteiger partial charge in [0.05, 0.1) is 24.4 Å². The van der Waals surface area contributed by atoms with E-state index in [1.165, 1.54) is 10.9 Å². The fourth-order valence-electron chi connectivity index (χ4n) is 4.83. The van der Waals surface area contributed by atoms with Gasteiger partial charge in [0, 0.05) is 31.4 Å². The molecule has 2 aliphatic rings. The van der Waals surface area contributed by atoms with E-state index in [1.54, 1.807) is 19.2 Å². The number of halogens is 2. The molecular formula is C25H31F2N7O2. The van der Waals surface area contributed by atoms with Crippen molar-refractivity contribution >= 4 is 40.1 Å². The third-order valence-electron chi connectivity index (χ3n) is 6.78. The van der Waals surface area contributed by atoms with Crippen LogP contribution in [0.3, 0.4) is 0 Å². The zero-order chi connectivity index (χ0) is 25.4. The number of anilines is 4. The molecule has 1 fully saturated rings. The van der Waals surface area contributed by atoms with Crippen molar-refractivity contribution in [3.63, 3.8) is 0 Å². The highest BCUT2D eigenvalue weighted by Gasteiger charge is 2.34. The number of nitrogens with one attached hydrogen (secondary N) is 3. The summed E-state index contributed by atoms with van der Waals surface area (Å²) in [5.41, 5.74) is 1.84. The van der Waals surface area contributed by atoms with Gasteiger partial charge in [0.1, 0.15) is 17.5 Å². The average molecular weight is 500 g/mol. The number of carbonyl (C=O) groups is 1. The molecular weight excluding hydrogens is 468 g/mol. The van der Waals surface area contributed by atoms with E-state index in [-0.39, 0.29) is 47.2 Å². The first-order valence-electron chi connectivity index (χ1n) is 12.5. The Morgan fingerprint density at radius 2 is 1.97 bits per heavy atom. The van der Waals surface area contributed by atoms with Crippen LogP contribution in [0, 0.1) is 11.6 Å². The van der Waals surface area contributed by atoms with E-state index in [0.29, 0.717) is 30.0 Å². The first kappa shape index (κ1) is 24.2. The number of pyridine rings is 1. The van der Waals surface area contributed by atoms with Crippen molar-refractivity contribution in [3.05, 3.63) is 35.7 Å². The van der Waals surface area contributed by atoms with Gasteiger partial charge in [-0.15, -0.1) is 0 Å². The number of hydrogen-bond acceptors (Lipinski definition) is 7. The maximum Gasteiger partial charge on any atom is 0.328 e. The minimum absolute atomic E-state index is 0.0323. The SMILES string of the molecule is CCCN(CCC)c1cc2cc(c1F)CO[C@@H]1CC[C@H]1NC(=O)n1cnc3c(NC)c(F)c(nc31)N2. The largest absolute Gasteiger partial charge is 0.384 e. The van der Waals surface area contributed by atoms with Gasteiger partial charge in [-0.1, -0.05) is 13.8 Å². The third-order valence-corrected chi connectivity index (χ3v) is 6.78. The summed E-state index contributed by atoms with van der Waals surface area (Å²) in [7, 11) is 1.58. The smallest absolute Gasteiger partial charge is 0.328 e. The van der Waals surface area contributed by atoms with Crippen molar-refractivity contribution < 1.29 is 18.3 Å². The van der Waals surface area contributed by atoms with E-state index >= 15 is 8.78 Å². The molecule has 1 aliphatic heterocycles. The van der Waals surface area contributed by atoms with E-state index in [2.05, 4.69) is 25.9 Å². The molecule has 11 heteroatoms. The van der Waals surface area contributed by atoms with Crippen LogP contribution in [0.2, 0.25) is 0 Å². The van der Waals surface area contributed by atoms with Crippen LogP contribution >= 0.6 is 0 Å². The molecule has 3 N–H and O–H groups in total. The number of aromatic nitrogens is 3. The van der Waals surface area contributed by atoms with Crippen LogP contribution in [0.1, 0.15) is 45.1 Å². The summed E-state index contributed by atoms with van der Waals surface area (Å²) >= 11 is 0. The maximum atomic E-state index is 15.7. The molecule has 0 spiro atoms. The highest BCUT2D eigenvalue weighted by atomic mass is 19.1. The Hall–Kier alpha value is -3.47. The fourth-order valence-corrected chi connectivity index (χ4v) is 4.83. The Labute approximate surface area is 208 Å². The van der Waals surface area contributed by atoms with Gasteiger partial charge in [0.2, 0.25) is 0 Å². The van der Waals surface area contributed by atoms with Crippen LogP contribution in [0.25, 0.3) is 11.2 Å². The van der Waals surface area contributed by atoms with Gasteiger partial charge in [-0.25, -0.2) is 28.1 Å². The lowest BCUT2D eigenvalue weighted by molar-refractivity contribution is -0.0332. The molecule has 1 aromatic carbocycles. The van der Waals surface area contributed by atoms with Crippen LogP contribution in [0.15, 0.2) is 18.5 Å². The van der Waals surface area contributed by atoms with Gasteiger partial charge < -0.3 is 25.6 Å². The third kappa shape index (κ3) is 4.21. The monoisotopic (exact) mass is 499 g/mol. The van der Waals surface area contributed by atoms with Crippen molar-refractivity contribution in [2.24, 2.45) is 0 Å². The second kappa shape index (κ2) is 9.88. The number of ether oxygens (including phenoxy) is 1. The quantitative estimate of drug-likeness (QED) is 0.451. The van der Waals surface area contributed by atoms with Gasteiger partial charge in [-0.3, -0.25) is 0 Å². The number of imidazole rings is 1. The lowest BCUT2D eigenvalue weighted by atomic mass is 9.89. The van der Waals surface area contributed by atoms with E-state index in [0.717, 1.165) is 25.7 Å². The first-order chi connectivity index (χ1) is 17.4. The van der Waals surface area contributed by atoms with Crippen molar-refractivity contribution in [1.82, 2.24) is 19.9 Å². The number of rotatable bonds is 6. The standard InChI is InChI=1S/C25H31F2N7O2/c1-4-8-33(9-5-2)17-11-15-10-14(19(17)26)12-36-18-7-6-16(18)31-25(35)34-13-29-22-21(28-3)20(27)23(30-15)32-24(22)34/h10-11,13,16,18H,4-9,12H2,1-3H3,(H,31,35)(H2,28,30,32)/t16-,18-/m1/s1. The van der Waals surface area contributed by atoms with Crippen molar-refractivity contribution in [2.75, 3.05) is 35.7 Å². The van der Waals surface area contributed by atoms with Crippen LogP contribution in [0.4, 0.5) is 36.5 Å². The fraction of sp³-hybridized carbons (Fsp3) is 0.480. The van der Waals surface area contributed by atoms with E-state index in [9.17, 15) is 4.79 Å². The summed E-state index contributed by atoms with van der Waals surface area (Å²) in [5.74, 6) is -1.10. The molecule has 4 bridgehead atoms. The molecule has 3 heterocycles. The summed E-state index contributed by atoms with van der Waals surface area (Å²) in [5, 5.41) is 8.80. The van der Waals surface area contributed by atoms with Crippen molar-refractivity contribution in [2.45, 2.75) is 58.3 Å². The van der Waals surface area contributed by atoms with Crippen LogP contribution in [0.5, 0.6) is 0 Å². The molecule has 36 heavy (non-hydrogen) atoms. The van der Waals surface area contributed by atoms with Crippen molar-refractivity contribution in [1.29, 1.82) is 0 Å². The Kier molecular flexibility index (Phi) is 6.65. The van der Waals surface area contributed by atoms with Crippen LogP contribution in [-0.4, -0.2) is 52.8 Å². The van der Waals surface area contributed by atoms with Gasteiger partial charge >= 0.3 is 6.03 Å². The number of fused-ring (bicyclic) bond motifs is 4. The van der Waals surface area contributed by atoms with Gasteiger partial charge in [0.25, 0.3) is 0 Å². The predicted octanol–water partition coefficient (Wildman–Crippen LogP) is 4.74. The number of carbonyl (C=O) groups excluding carboxylic acids is 1. The lowest BCUT2D eigenvalue weighted by Gasteiger charge is -2.37. The maximum absolute atomic E-state index is 15.7. The Morgan fingerprint density at radius 3 is 2.64 bits per heavy atom. The van der Waals surface area contributed by atoms with E-state index in [1.807, 2.05) is 18.7 Å². The summed E-state index contributed by atoms with van der Waals surface area (Å²) in [4.78, 5) is 23.7. The summed E-state index contributed by atoms with van der Waals surface area (Å²) in [6, 6.07) is 2.66. The highest BCUT2D eigenvalue weighted by molar-refractivity contribution is 5.95. The molecule has 0 saturated heterocycles. The Balaban J connectivity index is 1.68. The molecule has 0 radical (unpaired) electrons. The van der Waals surface area contributed by atoms with Crippen LogP contribution in [-0.2, 0) is 11.3 Å². The second-order valence-electron chi connectivity index (χ2n) is 9.25. The molecule has 3 aromatic rings. The number of nitrogens with zero attached hydrogens (tertiary/aromatic N) is 4. The first-order valence-corrected chi connectivity index (χ1v) is 12.5. The summed E-state index contributed by atoms with van der Waals surface area (Å²) < 4.78 is 38.6. The minimum Gasteiger partial charge on any atom is -0.384 e. The molecule has 9 nitrogen and oxygen atoms in total. The minimum atomic E-state index is -0.649.